The molecular weight excluding hydrogens is 230 g/mol. The molecule has 4 rings (SSSR count). The highest BCUT2D eigenvalue weighted by Gasteiger charge is 2.67. The van der Waals surface area contributed by atoms with Crippen LogP contribution in [0.3, 0.4) is 0 Å². The molecule has 1 heterocycles. The second kappa shape index (κ2) is 3.23. The average molecular weight is 249 g/mol. The number of carbonyl (C=O) groups is 2. The number of fused-ring (bicyclic) bond motifs is 1. The Kier molecular flexibility index (Phi) is 2.14. The van der Waals surface area contributed by atoms with E-state index in [-0.39, 0.29) is 28.6 Å². The van der Waals surface area contributed by atoms with E-state index in [4.69, 9.17) is 0 Å². The quantitative estimate of drug-likeness (QED) is 0.439. The molecule has 18 heavy (non-hydrogen) atoms. The molecule has 0 spiro atoms. The first-order chi connectivity index (χ1) is 8.33. The van der Waals surface area contributed by atoms with Crippen LogP contribution in [0.1, 0.15) is 33.6 Å². The van der Waals surface area contributed by atoms with Gasteiger partial charge in [-0.15, -0.1) is 0 Å². The number of rotatable bonds is 1. The maximum absolute atomic E-state index is 12.2. The fraction of sp³-hybridized carbons (Fsp3) is 0.714. The van der Waals surface area contributed by atoms with Crippen molar-refractivity contribution in [1.82, 2.24) is 5.06 Å². The number of nitrogens with zero attached hydrogens (tertiary/aromatic N) is 1. The largest absolute Gasteiger partial charge is 0.278 e. The Bertz CT molecular complexity index is 470. The van der Waals surface area contributed by atoms with E-state index in [0.717, 1.165) is 12.8 Å². The standard InChI is InChI=1S/C14H19NO3/c1-8(2)14-6-4-13(3,5-7-14)9-10(14)12(17)15(18)11(9)16/h4,6,8-10,18H,5,7H2,1-3H3/t9-,10-,13-,14+/m0/s1. The third-order valence-corrected chi connectivity index (χ3v) is 5.52. The first-order valence-electron chi connectivity index (χ1n) is 6.60. The Hall–Kier alpha value is -1.16. The number of carbonyl (C=O) groups excluding carboxylic acids is 2. The molecule has 2 fully saturated rings. The minimum Gasteiger partial charge on any atom is -0.278 e. The maximum Gasteiger partial charge on any atom is 0.258 e. The van der Waals surface area contributed by atoms with Gasteiger partial charge in [-0.05, 0) is 24.2 Å². The van der Waals surface area contributed by atoms with Gasteiger partial charge >= 0.3 is 0 Å². The Morgan fingerprint density at radius 1 is 1.22 bits per heavy atom. The molecule has 0 aromatic rings. The number of hydrogen-bond donors (Lipinski definition) is 1. The van der Waals surface area contributed by atoms with Gasteiger partial charge in [-0.2, -0.15) is 5.06 Å². The molecule has 1 aliphatic heterocycles. The molecule has 4 atom stereocenters. The van der Waals surface area contributed by atoms with Gasteiger partial charge in [-0.25, -0.2) is 0 Å². The molecule has 1 saturated heterocycles. The topological polar surface area (TPSA) is 57.6 Å². The fourth-order valence-corrected chi connectivity index (χ4v) is 4.22. The Morgan fingerprint density at radius 2 is 1.83 bits per heavy atom. The number of hydrogen-bond acceptors (Lipinski definition) is 3. The molecule has 1 saturated carbocycles. The van der Waals surface area contributed by atoms with Crippen LogP contribution >= 0.6 is 0 Å². The summed E-state index contributed by atoms with van der Waals surface area (Å²) in [7, 11) is 0. The van der Waals surface area contributed by atoms with Crippen molar-refractivity contribution in [3.05, 3.63) is 12.2 Å². The molecule has 0 radical (unpaired) electrons. The third-order valence-electron chi connectivity index (χ3n) is 5.52. The summed E-state index contributed by atoms with van der Waals surface area (Å²) < 4.78 is 0. The van der Waals surface area contributed by atoms with Gasteiger partial charge < -0.3 is 0 Å². The SMILES string of the molecule is CC(C)[C@@]12C=C[C@@](C)(CC1)[C@@H]1C(=O)N(O)C(=O)[C@H]12. The lowest BCUT2D eigenvalue weighted by atomic mass is 9.46. The summed E-state index contributed by atoms with van der Waals surface area (Å²) in [4.78, 5) is 24.3. The highest BCUT2D eigenvalue weighted by Crippen LogP contribution is 2.63. The Labute approximate surface area is 107 Å². The molecular formula is C14H19NO3. The van der Waals surface area contributed by atoms with Crippen molar-refractivity contribution in [3.8, 4) is 0 Å². The number of hydroxylamine groups is 2. The molecule has 4 aliphatic rings. The zero-order valence-corrected chi connectivity index (χ0v) is 11.0. The van der Waals surface area contributed by atoms with Crippen molar-refractivity contribution in [2.75, 3.05) is 0 Å². The predicted octanol–water partition coefficient (Wildman–Crippen LogP) is 1.99. The van der Waals surface area contributed by atoms with Crippen LogP contribution < -0.4 is 0 Å². The van der Waals surface area contributed by atoms with Crippen LogP contribution in [-0.2, 0) is 9.59 Å². The van der Waals surface area contributed by atoms with E-state index in [0.29, 0.717) is 5.06 Å². The normalized spacial score (nSPS) is 46.2. The van der Waals surface area contributed by atoms with Crippen LogP contribution in [0.4, 0.5) is 0 Å². The lowest BCUT2D eigenvalue weighted by Gasteiger charge is -2.55. The van der Waals surface area contributed by atoms with Crippen LogP contribution in [0.25, 0.3) is 0 Å². The summed E-state index contributed by atoms with van der Waals surface area (Å²) in [6, 6.07) is 0. The van der Waals surface area contributed by atoms with Gasteiger partial charge in [-0.3, -0.25) is 14.8 Å². The fourth-order valence-electron chi connectivity index (χ4n) is 4.22. The highest BCUT2D eigenvalue weighted by atomic mass is 16.5. The molecule has 4 nitrogen and oxygen atoms in total. The van der Waals surface area contributed by atoms with Gasteiger partial charge in [0.2, 0.25) is 0 Å². The second-order valence-corrected chi connectivity index (χ2v) is 6.55. The Balaban J connectivity index is 2.19. The minimum absolute atomic E-state index is 0.257. The smallest absolute Gasteiger partial charge is 0.258 e. The molecule has 2 amide bonds. The van der Waals surface area contributed by atoms with Crippen molar-refractivity contribution in [2.45, 2.75) is 33.6 Å². The molecule has 98 valence electrons. The lowest BCUT2D eigenvalue weighted by Crippen LogP contribution is -2.53. The van der Waals surface area contributed by atoms with E-state index < -0.39 is 11.8 Å². The van der Waals surface area contributed by atoms with E-state index in [1.54, 1.807) is 0 Å². The zero-order valence-electron chi connectivity index (χ0n) is 11.0. The van der Waals surface area contributed by atoms with Crippen LogP contribution in [0.2, 0.25) is 0 Å². The number of imide groups is 1. The number of amides is 2. The minimum atomic E-state index is -0.415. The molecule has 0 unspecified atom stereocenters. The summed E-state index contributed by atoms with van der Waals surface area (Å²) in [5.41, 5.74) is -0.530. The Morgan fingerprint density at radius 3 is 2.33 bits per heavy atom. The van der Waals surface area contributed by atoms with Crippen molar-refractivity contribution in [1.29, 1.82) is 0 Å². The number of allylic oxidation sites excluding steroid dienone is 2. The van der Waals surface area contributed by atoms with Crippen molar-refractivity contribution in [2.24, 2.45) is 28.6 Å². The van der Waals surface area contributed by atoms with Crippen LogP contribution in [0, 0.1) is 28.6 Å². The maximum atomic E-state index is 12.2. The molecule has 4 heteroatoms. The van der Waals surface area contributed by atoms with E-state index in [2.05, 4.69) is 26.0 Å². The monoisotopic (exact) mass is 249 g/mol. The van der Waals surface area contributed by atoms with E-state index >= 15 is 0 Å². The molecule has 2 bridgehead atoms. The first-order valence-corrected chi connectivity index (χ1v) is 6.60. The van der Waals surface area contributed by atoms with Crippen LogP contribution in [-0.4, -0.2) is 22.1 Å². The van der Waals surface area contributed by atoms with Crippen molar-refractivity contribution in [3.63, 3.8) is 0 Å². The highest BCUT2D eigenvalue weighted by molar-refractivity contribution is 6.05. The van der Waals surface area contributed by atoms with Crippen molar-refractivity contribution >= 4 is 11.8 Å². The van der Waals surface area contributed by atoms with E-state index in [9.17, 15) is 14.8 Å². The summed E-state index contributed by atoms with van der Waals surface area (Å²) in [5, 5.41) is 10.0. The second-order valence-electron chi connectivity index (χ2n) is 6.55. The third kappa shape index (κ3) is 1.10. The van der Waals surface area contributed by atoms with Gasteiger partial charge in [0.05, 0.1) is 11.8 Å². The molecule has 0 aromatic carbocycles. The van der Waals surface area contributed by atoms with Gasteiger partial charge in [-0.1, -0.05) is 32.9 Å². The van der Waals surface area contributed by atoms with Gasteiger partial charge in [0.25, 0.3) is 11.8 Å². The molecule has 1 N–H and O–H groups in total. The first kappa shape index (κ1) is 11.9. The zero-order chi connectivity index (χ0) is 13.3. The van der Waals surface area contributed by atoms with E-state index in [1.807, 2.05) is 6.92 Å². The lowest BCUT2D eigenvalue weighted by molar-refractivity contribution is -0.173. The molecule has 3 aliphatic carbocycles. The van der Waals surface area contributed by atoms with Gasteiger partial charge in [0.1, 0.15) is 0 Å². The van der Waals surface area contributed by atoms with Gasteiger partial charge in [0, 0.05) is 5.41 Å². The van der Waals surface area contributed by atoms with Crippen LogP contribution in [0.15, 0.2) is 12.2 Å². The summed E-state index contributed by atoms with van der Waals surface area (Å²) in [5.74, 6) is -1.29. The predicted molar refractivity (Wildman–Crippen MR) is 64.4 cm³/mol. The molecule has 0 aromatic heterocycles. The van der Waals surface area contributed by atoms with Gasteiger partial charge in [0.15, 0.2) is 0 Å². The average Bonchev–Trinajstić information content (AvgIpc) is 2.57. The van der Waals surface area contributed by atoms with Crippen molar-refractivity contribution < 1.29 is 14.8 Å². The summed E-state index contributed by atoms with van der Waals surface area (Å²) >= 11 is 0. The van der Waals surface area contributed by atoms with Crippen LogP contribution in [0.5, 0.6) is 0 Å². The van der Waals surface area contributed by atoms with E-state index in [1.165, 1.54) is 0 Å². The summed E-state index contributed by atoms with van der Waals surface area (Å²) in [6.07, 6.45) is 6.07. The summed E-state index contributed by atoms with van der Waals surface area (Å²) in [6.45, 7) is 6.20.